The Kier molecular flexibility index (Phi) is 2.88. The van der Waals surface area contributed by atoms with Crippen LogP contribution in [0.2, 0.25) is 0 Å². The Morgan fingerprint density at radius 3 is 2.72 bits per heavy atom. The molecule has 0 bridgehead atoms. The number of carbonyl (C=O) groups excluding carboxylic acids is 2. The number of fused-ring (bicyclic) bond motifs is 1. The predicted octanol–water partition coefficient (Wildman–Crippen LogP) is 0.781. The molecular formula is C14H16N2O2. The summed E-state index contributed by atoms with van der Waals surface area (Å²) in [6.45, 7) is 2.46. The van der Waals surface area contributed by atoms with Crippen LogP contribution in [-0.4, -0.2) is 29.8 Å². The summed E-state index contributed by atoms with van der Waals surface area (Å²) in [7, 11) is 0. The van der Waals surface area contributed by atoms with Gasteiger partial charge in [-0.05, 0) is 11.5 Å². The smallest absolute Gasteiger partial charge is 0.231 e. The lowest BCUT2D eigenvalue weighted by Gasteiger charge is -2.22. The number of nitrogens with zero attached hydrogens (tertiary/aromatic N) is 1. The van der Waals surface area contributed by atoms with Gasteiger partial charge in [-0.2, -0.15) is 0 Å². The third-order valence-corrected chi connectivity index (χ3v) is 3.81. The van der Waals surface area contributed by atoms with Crippen molar-refractivity contribution in [1.82, 2.24) is 10.2 Å². The van der Waals surface area contributed by atoms with Crippen LogP contribution in [0.3, 0.4) is 0 Å². The highest BCUT2D eigenvalue weighted by Gasteiger charge is 2.42. The van der Waals surface area contributed by atoms with Gasteiger partial charge in [0.2, 0.25) is 11.8 Å². The van der Waals surface area contributed by atoms with Crippen LogP contribution in [0.1, 0.15) is 12.0 Å². The highest BCUT2D eigenvalue weighted by atomic mass is 16.2. The molecule has 2 aliphatic heterocycles. The summed E-state index contributed by atoms with van der Waals surface area (Å²) in [5.41, 5.74) is 1.25. The molecule has 2 fully saturated rings. The number of amides is 2. The second kappa shape index (κ2) is 4.53. The van der Waals surface area contributed by atoms with Gasteiger partial charge in [0.05, 0.1) is 5.92 Å². The van der Waals surface area contributed by atoms with Crippen molar-refractivity contribution < 1.29 is 9.59 Å². The number of imide groups is 1. The molecule has 1 aromatic rings. The average molecular weight is 244 g/mol. The molecule has 0 radical (unpaired) electrons. The molecule has 1 aromatic carbocycles. The van der Waals surface area contributed by atoms with Crippen LogP contribution in [-0.2, 0) is 16.1 Å². The Labute approximate surface area is 106 Å². The van der Waals surface area contributed by atoms with E-state index >= 15 is 0 Å². The minimum absolute atomic E-state index is 0.00795. The van der Waals surface area contributed by atoms with E-state index in [1.54, 1.807) is 0 Å². The van der Waals surface area contributed by atoms with Crippen LogP contribution in [0.25, 0.3) is 0 Å². The van der Waals surface area contributed by atoms with Gasteiger partial charge in [-0.1, -0.05) is 30.3 Å². The predicted molar refractivity (Wildman–Crippen MR) is 66.5 cm³/mol. The third kappa shape index (κ3) is 2.16. The number of rotatable bonds is 2. The maximum absolute atomic E-state index is 11.7. The van der Waals surface area contributed by atoms with Crippen LogP contribution in [0.15, 0.2) is 30.3 Å². The monoisotopic (exact) mass is 244 g/mol. The number of likely N-dealkylation sites (tertiary alicyclic amines) is 1. The van der Waals surface area contributed by atoms with Crippen LogP contribution >= 0.6 is 0 Å². The molecule has 2 atom stereocenters. The highest BCUT2D eigenvalue weighted by Crippen LogP contribution is 2.30. The van der Waals surface area contributed by atoms with Crippen molar-refractivity contribution in [2.24, 2.45) is 11.8 Å². The molecule has 4 heteroatoms. The molecule has 18 heavy (non-hydrogen) atoms. The van der Waals surface area contributed by atoms with Crippen molar-refractivity contribution in [3.05, 3.63) is 35.9 Å². The normalized spacial score (nSPS) is 28.0. The van der Waals surface area contributed by atoms with Gasteiger partial charge in [0, 0.05) is 26.1 Å². The van der Waals surface area contributed by atoms with Gasteiger partial charge < -0.3 is 0 Å². The molecule has 2 heterocycles. The molecule has 1 N–H and O–H groups in total. The van der Waals surface area contributed by atoms with Gasteiger partial charge in [-0.25, -0.2) is 0 Å². The van der Waals surface area contributed by atoms with Crippen LogP contribution < -0.4 is 5.32 Å². The summed E-state index contributed by atoms with van der Waals surface area (Å²) in [5.74, 6) is -0.0176. The van der Waals surface area contributed by atoms with E-state index in [1.807, 2.05) is 18.2 Å². The van der Waals surface area contributed by atoms with Crippen molar-refractivity contribution in [3.63, 3.8) is 0 Å². The molecule has 0 spiro atoms. The SMILES string of the molecule is O=C1CC2CN(Cc3ccccc3)CC2C(=O)N1. The molecule has 3 rings (SSSR count). The number of hydrogen-bond acceptors (Lipinski definition) is 3. The fraction of sp³-hybridized carbons (Fsp3) is 0.429. The Morgan fingerprint density at radius 1 is 1.17 bits per heavy atom. The fourth-order valence-corrected chi connectivity index (χ4v) is 2.95. The summed E-state index contributed by atoms with van der Waals surface area (Å²) >= 11 is 0. The molecule has 2 unspecified atom stereocenters. The largest absolute Gasteiger partial charge is 0.298 e. The van der Waals surface area contributed by atoms with Gasteiger partial charge >= 0.3 is 0 Å². The molecule has 2 saturated heterocycles. The first-order chi connectivity index (χ1) is 8.72. The number of carbonyl (C=O) groups is 2. The van der Waals surface area contributed by atoms with E-state index in [9.17, 15) is 9.59 Å². The van der Waals surface area contributed by atoms with E-state index < -0.39 is 0 Å². The molecule has 2 amide bonds. The van der Waals surface area contributed by atoms with Crippen molar-refractivity contribution >= 4 is 11.8 Å². The first-order valence-electron chi connectivity index (χ1n) is 6.32. The van der Waals surface area contributed by atoms with Crippen LogP contribution in [0.4, 0.5) is 0 Å². The Balaban J connectivity index is 1.68. The molecule has 94 valence electrons. The Bertz CT molecular complexity index is 472. The second-order valence-corrected chi connectivity index (χ2v) is 5.16. The van der Waals surface area contributed by atoms with E-state index in [0.29, 0.717) is 6.42 Å². The summed E-state index contributed by atoms with van der Waals surface area (Å²) in [4.78, 5) is 25.3. The maximum atomic E-state index is 11.7. The second-order valence-electron chi connectivity index (χ2n) is 5.16. The zero-order chi connectivity index (χ0) is 12.5. The lowest BCUT2D eigenvalue weighted by molar-refractivity contribution is -0.137. The maximum Gasteiger partial charge on any atom is 0.231 e. The van der Waals surface area contributed by atoms with Gasteiger partial charge in [0.15, 0.2) is 0 Å². The van der Waals surface area contributed by atoms with E-state index in [2.05, 4.69) is 22.3 Å². The van der Waals surface area contributed by atoms with Crippen molar-refractivity contribution in [2.75, 3.05) is 13.1 Å². The first kappa shape index (κ1) is 11.4. The zero-order valence-corrected chi connectivity index (χ0v) is 10.1. The molecule has 4 nitrogen and oxygen atoms in total. The van der Waals surface area contributed by atoms with E-state index in [0.717, 1.165) is 19.6 Å². The number of nitrogens with one attached hydrogen (secondary N) is 1. The van der Waals surface area contributed by atoms with E-state index in [1.165, 1.54) is 5.56 Å². The first-order valence-corrected chi connectivity index (χ1v) is 6.32. The van der Waals surface area contributed by atoms with Crippen LogP contribution in [0, 0.1) is 11.8 Å². The minimum Gasteiger partial charge on any atom is -0.298 e. The average Bonchev–Trinajstić information content (AvgIpc) is 2.73. The Morgan fingerprint density at radius 2 is 1.94 bits per heavy atom. The summed E-state index contributed by atoms with van der Waals surface area (Å²) < 4.78 is 0. The molecule has 0 aliphatic carbocycles. The quantitative estimate of drug-likeness (QED) is 0.782. The zero-order valence-electron chi connectivity index (χ0n) is 10.1. The summed E-state index contributed by atoms with van der Waals surface area (Å²) in [6.07, 6.45) is 0.488. The summed E-state index contributed by atoms with van der Waals surface area (Å²) in [5, 5.41) is 2.43. The van der Waals surface area contributed by atoms with Gasteiger partial charge in [-0.15, -0.1) is 0 Å². The molecular weight excluding hydrogens is 228 g/mol. The molecule has 0 aromatic heterocycles. The van der Waals surface area contributed by atoms with Crippen molar-refractivity contribution in [1.29, 1.82) is 0 Å². The van der Waals surface area contributed by atoms with Gasteiger partial charge in [0.1, 0.15) is 0 Å². The van der Waals surface area contributed by atoms with Crippen molar-refractivity contribution in [3.8, 4) is 0 Å². The van der Waals surface area contributed by atoms with E-state index in [-0.39, 0.29) is 23.7 Å². The molecule has 2 aliphatic rings. The number of piperidine rings is 1. The summed E-state index contributed by atoms with van der Waals surface area (Å²) in [6, 6.07) is 10.2. The fourth-order valence-electron chi connectivity index (χ4n) is 2.95. The lowest BCUT2D eigenvalue weighted by atomic mass is 9.89. The third-order valence-electron chi connectivity index (χ3n) is 3.81. The van der Waals surface area contributed by atoms with Crippen LogP contribution in [0.5, 0.6) is 0 Å². The topological polar surface area (TPSA) is 49.4 Å². The Hall–Kier alpha value is -1.68. The lowest BCUT2D eigenvalue weighted by Crippen LogP contribution is -2.45. The van der Waals surface area contributed by atoms with Gasteiger partial charge in [-0.3, -0.25) is 19.8 Å². The number of hydrogen-bond donors (Lipinski definition) is 1. The van der Waals surface area contributed by atoms with Crippen molar-refractivity contribution in [2.45, 2.75) is 13.0 Å². The minimum atomic E-state index is -0.122. The van der Waals surface area contributed by atoms with E-state index in [4.69, 9.17) is 0 Å². The highest BCUT2D eigenvalue weighted by molar-refractivity contribution is 5.99. The standard InChI is InChI=1S/C14H16N2O2/c17-13-6-11-8-16(9-12(11)14(18)15-13)7-10-4-2-1-3-5-10/h1-5,11-12H,6-9H2,(H,15,17,18). The number of benzene rings is 1. The molecule has 0 saturated carbocycles. The van der Waals surface area contributed by atoms with Gasteiger partial charge in [0.25, 0.3) is 0 Å².